The van der Waals surface area contributed by atoms with Gasteiger partial charge in [0, 0.05) is 5.92 Å². The van der Waals surface area contributed by atoms with Crippen LogP contribution in [0.25, 0.3) is 0 Å². The molecular formula is C11H14O2. The molecule has 2 nitrogen and oxygen atoms in total. The van der Waals surface area contributed by atoms with Gasteiger partial charge in [-0.05, 0) is 44.1 Å². The number of aliphatic hydroxyl groups is 1. The summed E-state index contributed by atoms with van der Waals surface area (Å²) in [7, 11) is 0. The van der Waals surface area contributed by atoms with Crippen LogP contribution in [0.4, 0.5) is 0 Å². The average Bonchev–Trinajstić information content (AvgIpc) is 2.71. The van der Waals surface area contributed by atoms with Crippen molar-refractivity contribution < 1.29 is 9.90 Å². The van der Waals surface area contributed by atoms with Crippen molar-refractivity contribution in [3.8, 4) is 0 Å². The molecule has 1 fully saturated rings. The lowest BCUT2D eigenvalue weighted by atomic mass is 9.87. The zero-order chi connectivity index (χ0) is 9.05. The number of rotatable bonds is 0. The van der Waals surface area contributed by atoms with Gasteiger partial charge in [-0.2, -0.15) is 0 Å². The Hall–Kier alpha value is -0.630. The second kappa shape index (κ2) is 2.24. The molecule has 0 bridgehead atoms. The monoisotopic (exact) mass is 178 g/mol. The molecule has 1 N–H and O–H groups in total. The fourth-order valence-electron chi connectivity index (χ4n) is 3.40. The van der Waals surface area contributed by atoms with Crippen LogP contribution < -0.4 is 0 Å². The Morgan fingerprint density at radius 3 is 3.00 bits per heavy atom. The third-order valence-electron chi connectivity index (χ3n) is 3.98. The van der Waals surface area contributed by atoms with Crippen LogP contribution in [0, 0.1) is 5.92 Å². The number of Topliss-reactive ketones (excluding diaryl/α,β-unsaturated/α-hetero) is 1. The summed E-state index contributed by atoms with van der Waals surface area (Å²) in [4.78, 5) is 11.9. The zero-order valence-electron chi connectivity index (χ0n) is 7.68. The summed E-state index contributed by atoms with van der Waals surface area (Å²) in [6, 6.07) is 0. The van der Waals surface area contributed by atoms with Crippen molar-refractivity contribution in [1.82, 2.24) is 0 Å². The molecule has 0 aromatic rings. The van der Waals surface area contributed by atoms with Crippen molar-refractivity contribution in [2.75, 3.05) is 0 Å². The largest absolute Gasteiger partial charge is 0.381 e. The minimum Gasteiger partial charge on any atom is -0.381 e. The molecule has 0 amide bonds. The van der Waals surface area contributed by atoms with E-state index in [0.717, 1.165) is 37.7 Å². The van der Waals surface area contributed by atoms with Crippen molar-refractivity contribution >= 4 is 5.78 Å². The van der Waals surface area contributed by atoms with Crippen LogP contribution in [0.1, 0.15) is 38.5 Å². The van der Waals surface area contributed by atoms with Crippen LogP contribution >= 0.6 is 0 Å². The van der Waals surface area contributed by atoms with Gasteiger partial charge in [-0.25, -0.2) is 0 Å². The van der Waals surface area contributed by atoms with Crippen LogP contribution in [0.5, 0.6) is 0 Å². The van der Waals surface area contributed by atoms with E-state index in [4.69, 9.17) is 0 Å². The van der Waals surface area contributed by atoms with Crippen molar-refractivity contribution in [2.24, 2.45) is 5.92 Å². The van der Waals surface area contributed by atoms with Crippen molar-refractivity contribution in [2.45, 2.75) is 44.1 Å². The predicted molar refractivity (Wildman–Crippen MR) is 48.2 cm³/mol. The molecule has 0 radical (unpaired) electrons. The first kappa shape index (κ1) is 7.74. The van der Waals surface area contributed by atoms with Gasteiger partial charge >= 0.3 is 0 Å². The van der Waals surface area contributed by atoms with Crippen LogP contribution in [-0.2, 0) is 4.79 Å². The minimum atomic E-state index is -0.953. The van der Waals surface area contributed by atoms with E-state index >= 15 is 0 Å². The second-order valence-corrected chi connectivity index (χ2v) is 4.56. The van der Waals surface area contributed by atoms with Gasteiger partial charge in [0.05, 0.1) is 0 Å². The second-order valence-electron chi connectivity index (χ2n) is 4.56. The lowest BCUT2D eigenvalue weighted by molar-refractivity contribution is -0.133. The van der Waals surface area contributed by atoms with Gasteiger partial charge in [-0.1, -0.05) is 5.57 Å². The van der Waals surface area contributed by atoms with Crippen LogP contribution in [-0.4, -0.2) is 16.5 Å². The number of carbonyl (C=O) groups excluding carboxylic acids is 1. The molecule has 3 aliphatic carbocycles. The third-order valence-corrected chi connectivity index (χ3v) is 3.98. The number of hydrogen-bond acceptors (Lipinski definition) is 2. The fourth-order valence-corrected chi connectivity index (χ4v) is 3.40. The maximum atomic E-state index is 11.9. The molecule has 70 valence electrons. The summed E-state index contributed by atoms with van der Waals surface area (Å²) >= 11 is 0. The van der Waals surface area contributed by atoms with Crippen molar-refractivity contribution in [3.05, 3.63) is 11.1 Å². The molecule has 3 aliphatic rings. The number of fused-ring (bicyclic) bond motifs is 2. The number of carbonyl (C=O) groups is 1. The van der Waals surface area contributed by atoms with E-state index in [1.807, 2.05) is 0 Å². The highest BCUT2D eigenvalue weighted by molar-refractivity contribution is 6.06. The lowest BCUT2D eigenvalue weighted by Gasteiger charge is -2.23. The number of ketones is 1. The van der Waals surface area contributed by atoms with E-state index in [9.17, 15) is 9.90 Å². The Bertz CT molecular complexity index is 316. The molecule has 0 spiro atoms. The molecule has 0 saturated heterocycles. The summed E-state index contributed by atoms with van der Waals surface area (Å²) in [5.41, 5.74) is 1.35. The molecular weight excluding hydrogens is 164 g/mol. The predicted octanol–water partition coefficient (Wildman–Crippen LogP) is 1.58. The van der Waals surface area contributed by atoms with Gasteiger partial charge in [0.2, 0.25) is 0 Å². The van der Waals surface area contributed by atoms with Crippen LogP contribution in [0.2, 0.25) is 0 Å². The van der Waals surface area contributed by atoms with E-state index in [0.29, 0.717) is 6.42 Å². The quantitative estimate of drug-likeness (QED) is 0.611. The molecule has 0 aliphatic heterocycles. The maximum Gasteiger partial charge on any atom is 0.190 e. The van der Waals surface area contributed by atoms with E-state index < -0.39 is 5.60 Å². The van der Waals surface area contributed by atoms with Crippen LogP contribution in [0.3, 0.4) is 0 Å². The smallest absolute Gasteiger partial charge is 0.190 e. The highest BCUT2D eigenvalue weighted by Gasteiger charge is 2.56. The standard InChI is InChI=1S/C11H14O2/c12-10-8-4-1-3-7(8)9-5-2-6-11(9,10)13/h9,13H,1-6H2. The SMILES string of the molecule is O=C1C2=C(CCC2)C2CCCC12O. The van der Waals surface area contributed by atoms with Crippen molar-refractivity contribution in [3.63, 3.8) is 0 Å². The zero-order valence-corrected chi connectivity index (χ0v) is 7.68. The highest BCUT2D eigenvalue weighted by Crippen LogP contribution is 2.53. The summed E-state index contributed by atoms with van der Waals surface area (Å²) in [5, 5.41) is 10.2. The van der Waals surface area contributed by atoms with Gasteiger partial charge in [-0.3, -0.25) is 4.79 Å². The lowest BCUT2D eigenvalue weighted by Crippen LogP contribution is -2.38. The van der Waals surface area contributed by atoms with E-state index in [2.05, 4.69) is 0 Å². The Labute approximate surface area is 77.6 Å². The van der Waals surface area contributed by atoms with Gasteiger partial charge in [-0.15, -0.1) is 0 Å². The summed E-state index contributed by atoms with van der Waals surface area (Å²) < 4.78 is 0. The first-order valence-corrected chi connectivity index (χ1v) is 5.22. The minimum absolute atomic E-state index is 0.0718. The van der Waals surface area contributed by atoms with Gasteiger partial charge < -0.3 is 5.11 Å². The molecule has 1 saturated carbocycles. The maximum absolute atomic E-state index is 11.9. The summed E-state index contributed by atoms with van der Waals surface area (Å²) in [6.45, 7) is 0. The molecule has 2 unspecified atom stereocenters. The number of hydrogen-bond donors (Lipinski definition) is 1. The first-order valence-electron chi connectivity index (χ1n) is 5.22. The molecule has 0 aromatic carbocycles. The third kappa shape index (κ3) is 0.755. The van der Waals surface area contributed by atoms with Gasteiger partial charge in [0.25, 0.3) is 0 Å². The normalized spacial score (nSPS) is 42.8. The average molecular weight is 178 g/mol. The fraction of sp³-hybridized carbons (Fsp3) is 0.727. The molecule has 0 aromatic heterocycles. The first-order chi connectivity index (χ1) is 6.23. The van der Waals surface area contributed by atoms with E-state index in [1.54, 1.807) is 0 Å². The molecule has 2 atom stereocenters. The Balaban J connectivity index is 2.10. The highest BCUT2D eigenvalue weighted by atomic mass is 16.3. The molecule has 0 heterocycles. The van der Waals surface area contributed by atoms with E-state index in [1.165, 1.54) is 5.57 Å². The van der Waals surface area contributed by atoms with Crippen molar-refractivity contribution in [1.29, 1.82) is 0 Å². The van der Waals surface area contributed by atoms with Crippen LogP contribution in [0.15, 0.2) is 11.1 Å². The van der Waals surface area contributed by atoms with E-state index in [-0.39, 0.29) is 11.7 Å². The summed E-state index contributed by atoms with van der Waals surface area (Å²) in [6.07, 6.45) is 5.86. The van der Waals surface area contributed by atoms with Gasteiger partial charge in [0.15, 0.2) is 5.78 Å². The summed E-state index contributed by atoms with van der Waals surface area (Å²) in [5.74, 6) is 0.278. The Morgan fingerprint density at radius 2 is 2.15 bits per heavy atom. The molecule has 3 rings (SSSR count). The topological polar surface area (TPSA) is 37.3 Å². The molecule has 2 heteroatoms. The molecule has 13 heavy (non-hydrogen) atoms. The Kier molecular flexibility index (Phi) is 1.33. The Morgan fingerprint density at radius 1 is 1.31 bits per heavy atom. The van der Waals surface area contributed by atoms with Gasteiger partial charge in [0.1, 0.15) is 5.60 Å².